The number of hydrogen-bond donors (Lipinski definition) is 2. The van der Waals surface area contributed by atoms with Crippen LogP contribution in [-0.2, 0) is 9.53 Å². The first-order chi connectivity index (χ1) is 6.81. The Kier molecular flexibility index (Phi) is 6.26. The lowest BCUT2D eigenvalue weighted by molar-refractivity contribution is -0.173. The van der Waals surface area contributed by atoms with E-state index in [1.807, 2.05) is 0 Å². The predicted octanol–water partition coefficient (Wildman–Crippen LogP) is 0.419. The highest BCUT2D eigenvalue weighted by atomic mass is 19.4. The molecule has 7 heteroatoms. The Morgan fingerprint density at radius 2 is 2.13 bits per heavy atom. The van der Waals surface area contributed by atoms with E-state index in [2.05, 4.69) is 10.1 Å². The summed E-state index contributed by atoms with van der Waals surface area (Å²) >= 11 is 0. The second-order valence-electron chi connectivity index (χ2n) is 3.20. The Morgan fingerprint density at radius 1 is 1.53 bits per heavy atom. The topological polar surface area (TPSA) is 64.4 Å². The minimum absolute atomic E-state index is 0.0572. The summed E-state index contributed by atoms with van der Waals surface area (Å²) in [5.74, 6) is -0.291. The van der Waals surface area contributed by atoms with Crippen LogP contribution in [0.1, 0.15) is 13.3 Å². The molecule has 0 spiro atoms. The van der Waals surface area contributed by atoms with Gasteiger partial charge in [0, 0.05) is 19.0 Å². The van der Waals surface area contributed by atoms with Crippen LogP contribution >= 0.6 is 0 Å². The van der Waals surface area contributed by atoms with Gasteiger partial charge >= 0.3 is 6.18 Å². The number of alkyl halides is 3. The zero-order valence-electron chi connectivity index (χ0n) is 8.43. The van der Waals surface area contributed by atoms with Gasteiger partial charge in [0.05, 0.1) is 6.61 Å². The van der Waals surface area contributed by atoms with Crippen LogP contribution in [0.4, 0.5) is 13.2 Å². The monoisotopic (exact) mass is 228 g/mol. The van der Waals surface area contributed by atoms with Crippen LogP contribution in [0.15, 0.2) is 0 Å². The molecule has 1 atom stereocenters. The molecule has 0 rings (SSSR count). The van der Waals surface area contributed by atoms with Crippen molar-refractivity contribution in [3.8, 4) is 0 Å². The van der Waals surface area contributed by atoms with Crippen LogP contribution in [0.3, 0.4) is 0 Å². The molecule has 0 aromatic heterocycles. The van der Waals surface area contributed by atoms with Gasteiger partial charge in [0.1, 0.15) is 6.61 Å². The van der Waals surface area contributed by atoms with Crippen molar-refractivity contribution in [3.63, 3.8) is 0 Å². The van der Waals surface area contributed by atoms with Gasteiger partial charge in [-0.3, -0.25) is 4.79 Å². The van der Waals surface area contributed by atoms with Crippen LogP contribution in [0, 0.1) is 0 Å². The molecule has 0 radical (unpaired) electrons. The van der Waals surface area contributed by atoms with E-state index in [9.17, 15) is 18.0 Å². The number of amides is 1. The van der Waals surface area contributed by atoms with E-state index in [1.165, 1.54) is 0 Å². The lowest BCUT2D eigenvalue weighted by Gasteiger charge is -2.09. The molecule has 90 valence electrons. The van der Waals surface area contributed by atoms with Crippen LogP contribution < -0.4 is 11.1 Å². The third kappa shape index (κ3) is 11.1. The quantitative estimate of drug-likeness (QED) is 0.647. The van der Waals surface area contributed by atoms with Crippen molar-refractivity contribution in [2.45, 2.75) is 25.6 Å². The number of carbonyl (C=O) groups is 1. The molecule has 0 saturated carbocycles. The third-order valence-corrected chi connectivity index (χ3v) is 1.34. The van der Waals surface area contributed by atoms with Crippen LogP contribution in [0.2, 0.25) is 0 Å². The van der Waals surface area contributed by atoms with Gasteiger partial charge in [0.2, 0.25) is 5.91 Å². The molecule has 0 heterocycles. The van der Waals surface area contributed by atoms with Gasteiger partial charge in [0.25, 0.3) is 0 Å². The van der Waals surface area contributed by atoms with Crippen molar-refractivity contribution < 1.29 is 22.7 Å². The molecule has 0 saturated heterocycles. The Bertz CT molecular complexity index is 195. The van der Waals surface area contributed by atoms with Gasteiger partial charge in [-0.2, -0.15) is 13.2 Å². The first-order valence-corrected chi connectivity index (χ1v) is 4.48. The van der Waals surface area contributed by atoms with E-state index in [0.29, 0.717) is 0 Å². The second-order valence-corrected chi connectivity index (χ2v) is 3.20. The SMILES string of the molecule is CC(N)CC(=O)NCCOCC(F)(F)F. The van der Waals surface area contributed by atoms with Gasteiger partial charge < -0.3 is 15.8 Å². The summed E-state index contributed by atoms with van der Waals surface area (Å²) < 4.78 is 39.0. The fraction of sp³-hybridized carbons (Fsp3) is 0.875. The lowest BCUT2D eigenvalue weighted by Crippen LogP contribution is -2.32. The zero-order chi connectivity index (χ0) is 11.9. The van der Waals surface area contributed by atoms with E-state index in [-0.39, 0.29) is 31.5 Å². The number of halogens is 3. The summed E-state index contributed by atoms with van der Waals surface area (Å²) in [5, 5.41) is 2.39. The second kappa shape index (κ2) is 6.62. The molecule has 0 bridgehead atoms. The van der Waals surface area contributed by atoms with Crippen molar-refractivity contribution in [1.82, 2.24) is 5.32 Å². The van der Waals surface area contributed by atoms with E-state index < -0.39 is 12.8 Å². The van der Waals surface area contributed by atoms with Crippen molar-refractivity contribution in [2.75, 3.05) is 19.8 Å². The van der Waals surface area contributed by atoms with Crippen molar-refractivity contribution in [2.24, 2.45) is 5.73 Å². The molecule has 0 fully saturated rings. The molecule has 0 aromatic rings. The van der Waals surface area contributed by atoms with E-state index in [1.54, 1.807) is 6.92 Å². The Morgan fingerprint density at radius 3 is 2.60 bits per heavy atom. The molecule has 0 aromatic carbocycles. The lowest BCUT2D eigenvalue weighted by atomic mass is 10.2. The highest BCUT2D eigenvalue weighted by Gasteiger charge is 2.27. The third-order valence-electron chi connectivity index (χ3n) is 1.34. The van der Waals surface area contributed by atoms with E-state index in [0.717, 1.165) is 0 Å². The minimum atomic E-state index is -4.32. The van der Waals surface area contributed by atoms with Gasteiger partial charge in [-0.25, -0.2) is 0 Å². The first kappa shape index (κ1) is 14.2. The fourth-order valence-electron chi connectivity index (χ4n) is 0.815. The Labute approximate surface area is 86.0 Å². The number of nitrogens with two attached hydrogens (primary N) is 1. The van der Waals surface area contributed by atoms with E-state index in [4.69, 9.17) is 5.73 Å². The fourth-order valence-corrected chi connectivity index (χ4v) is 0.815. The smallest absolute Gasteiger partial charge is 0.370 e. The predicted molar refractivity (Wildman–Crippen MR) is 48.2 cm³/mol. The largest absolute Gasteiger partial charge is 0.411 e. The van der Waals surface area contributed by atoms with Gasteiger partial charge in [-0.05, 0) is 6.92 Å². The maximum absolute atomic E-state index is 11.6. The maximum atomic E-state index is 11.6. The van der Waals surface area contributed by atoms with Gasteiger partial charge in [0.15, 0.2) is 0 Å². The molecule has 3 N–H and O–H groups in total. The average molecular weight is 228 g/mol. The van der Waals surface area contributed by atoms with Gasteiger partial charge in [-0.1, -0.05) is 0 Å². The van der Waals surface area contributed by atoms with Crippen LogP contribution in [-0.4, -0.2) is 37.9 Å². The number of ether oxygens (including phenoxy) is 1. The number of nitrogens with one attached hydrogen (secondary N) is 1. The normalized spacial score (nSPS) is 13.7. The molecule has 4 nitrogen and oxygen atoms in total. The van der Waals surface area contributed by atoms with Crippen LogP contribution in [0.25, 0.3) is 0 Å². The summed E-state index contributed by atoms with van der Waals surface area (Å²) in [5.41, 5.74) is 5.34. The summed E-state index contributed by atoms with van der Waals surface area (Å²) in [6.45, 7) is 0.266. The summed E-state index contributed by atoms with van der Waals surface area (Å²) in [6, 6.07) is -0.263. The molecule has 15 heavy (non-hydrogen) atoms. The summed E-state index contributed by atoms with van der Waals surface area (Å²) in [7, 11) is 0. The summed E-state index contributed by atoms with van der Waals surface area (Å²) in [6.07, 6.45) is -4.17. The molecule has 1 amide bonds. The Hall–Kier alpha value is -0.820. The molecule has 0 aliphatic rings. The molecule has 0 aliphatic heterocycles. The molecule has 1 unspecified atom stereocenters. The maximum Gasteiger partial charge on any atom is 0.411 e. The molecule has 0 aliphatic carbocycles. The summed E-state index contributed by atoms with van der Waals surface area (Å²) in [4.78, 5) is 10.9. The highest BCUT2D eigenvalue weighted by Crippen LogP contribution is 2.13. The minimum Gasteiger partial charge on any atom is -0.370 e. The molecular formula is C8H15F3N2O2. The first-order valence-electron chi connectivity index (χ1n) is 4.48. The van der Waals surface area contributed by atoms with Crippen LogP contribution in [0.5, 0.6) is 0 Å². The number of hydrogen-bond acceptors (Lipinski definition) is 3. The van der Waals surface area contributed by atoms with Crippen molar-refractivity contribution in [1.29, 1.82) is 0 Å². The zero-order valence-corrected chi connectivity index (χ0v) is 8.43. The van der Waals surface area contributed by atoms with E-state index >= 15 is 0 Å². The average Bonchev–Trinajstić information content (AvgIpc) is 1.99. The highest BCUT2D eigenvalue weighted by molar-refractivity contribution is 5.76. The molecular weight excluding hydrogens is 213 g/mol. The number of carbonyl (C=O) groups excluding carboxylic acids is 1. The standard InChI is InChI=1S/C8H15F3N2O2/c1-6(12)4-7(14)13-2-3-15-5-8(9,10)11/h6H,2-5,12H2,1H3,(H,13,14). The van der Waals surface area contributed by atoms with Crippen molar-refractivity contribution >= 4 is 5.91 Å². The van der Waals surface area contributed by atoms with Crippen molar-refractivity contribution in [3.05, 3.63) is 0 Å². The van der Waals surface area contributed by atoms with Gasteiger partial charge in [-0.15, -0.1) is 0 Å². The number of rotatable bonds is 6. The Balaban J connectivity index is 3.35.